The molecule has 2 nitrogen and oxygen atoms in total. The third kappa shape index (κ3) is 3.11. The van der Waals surface area contributed by atoms with Crippen molar-refractivity contribution in [2.75, 3.05) is 6.54 Å². The average Bonchev–Trinajstić information content (AvgIpc) is 3.06. The summed E-state index contributed by atoms with van der Waals surface area (Å²) in [6.07, 6.45) is 6.09. The number of halogens is 1. The van der Waals surface area contributed by atoms with E-state index in [9.17, 15) is 5.11 Å². The second-order valence-electron chi connectivity index (χ2n) is 7.10. The fourth-order valence-electron chi connectivity index (χ4n) is 4.36. The lowest BCUT2D eigenvalue weighted by molar-refractivity contribution is 0.150. The van der Waals surface area contributed by atoms with Gasteiger partial charge in [-0.1, -0.05) is 54.4 Å². The molecule has 2 heterocycles. The molecule has 3 atom stereocenters. The largest absolute Gasteiger partial charge is 0.384 e. The fourth-order valence-corrected chi connectivity index (χ4v) is 4.48. The summed E-state index contributed by atoms with van der Waals surface area (Å²) in [5.41, 5.74) is 3.21. The molecule has 24 heavy (non-hydrogen) atoms. The van der Waals surface area contributed by atoms with Gasteiger partial charge in [0.2, 0.25) is 0 Å². The first-order chi connectivity index (χ1) is 11.7. The zero-order valence-corrected chi connectivity index (χ0v) is 14.6. The predicted octanol–water partition coefficient (Wildman–Crippen LogP) is 5.11. The first-order valence-electron chi connectivity index (χ1n) is 9.01. The van der Waals surface area contributed by atoms with Crippen molar-refractivity contribution in [3.8, 4) is 0 Å². The van der Waals surface area contributed by atoms with E-state index < -0.39 is 6.10 Å². The van der Waals surface area contributed by atoms with Crippen molar-refractivity contribution in [3.05, 3.63) is 70.2 Å². The molecule has 2 aliphatic rings. The Morgan fingerprint density at radius 1 is 0.875 bits per heavy atom. The van der Waals surface area contributed by atoms with Crippen molar-refractivity contribution < 1.29 is 5.11 Å². The van der Waals surface area contributed by atoms with Gasteiger partial charge in [0.1, 0.15) is 6.10 Å². The van der Waals surface area contributed by atoms with Crippen molar-refractivity contribution in [2.24, 2.45) is 0 Å². The molecule has 2 saturated heterocycles. The molecular formula is C21H24ClNO. The highest BCUT2D eigenvalue weighted by molar-refractivity contribution is 6.30. The molecule has 0 aromatic heterocycles. The van der Waals surface area contributed by atoms with Crippen LogP contribution in [0.1, 0.15) is 60.9 Å². The number of benzene rings is 2. The van der Waals surface area contributed by atoms with E-state index in [1.54, 1.807) is 0 Å². The van der Waals surface area contributed by atoms with Crippen LogP contribution in [0.15, 0.2) is 48.5 Å². The number of hydrogen-bond donors (Lipinski definition) is 1. The van der Waals surface area contributed by atoms with Crippen molar-refractivity contribution in [3.63, 3.8) is 0 Å². The number of fused-ring (bicyclic) bond motifs is 1. The van der Waals surface area contributed by atoms with Crippen molar-refractivity contribution in [1.82, 2.24) is 4.90 Å². The maximum Gasteiger partial charge on any atom is 0.104 e. The monoisotopic (exact) mass is 341 g/mol. The van der Waals surface area contributed by atoms with Gasteiger partial charge in [0.15, 0.2) is 0 Å². The van der Waals surface area contributed by atoms with Crippen LogP contribution in [-0.4, -0.2) is 22.6 Å². The summed E-state index contributed by atoms with van der Waals surface area (Å²) < 4.78 is 0. The summed E-state index contributed by atoms with van der Waals surface area (Å²) in [5.74, 6) is 0. The highest BCUT2D eigenvalue weighted by Crippen LogP contribution is 2.40. The zero-order chi connectivity index (χ0) is 16.5. The van der Waals surface area contributed by atoms with Gasteiger partial charge in [-0.3, -0.25) is 4.90 Å². The number of aliphatic hydroxyl groups is 1. The Bertz CT molecular complexity index is 682. The lowest BCUT2D eigenvalue weighted by Crippen LogP contribution is -2.35. The maximum absolute atomic E-state index is 10.6. The van der Waals surface area contributed by atoms with Crippen molar-refractivity contribution in [2.45, 2.75) is 50.3 Å². The number of hydrogen-bond acceptors (Lipinski definition) is 2. The molecular weight excluding hydrogens is 318 g/mol. The minimum Gasteiger partial charge on any atom is -0.384 e. The van der Waals surface area contributed by atoms with Crippen LogP contribution in [0.25, 0.3) is 0 Å². The Morgan fingerprint density at radius 3 is 2.25 bits per heavy atom. The van der Waals surface area contributed by atoms with E-state index in [1.807, 2.05) is 24.3 Å². The molecule has 2 aromatic rings. The standard InChI is InChI=1S/C21H24ClNO/c22-18-10-8-17(9-11-18)21(24)16-6-4-15(5-7-16)20-13-12-19-3-1-2-14-23(19)20/h4-11,19-21,24H,1-3,12-14H2/t19-,20-,21?/m1/s1. The lowest BCUT2D eigenvalue weighted by Gasteiger charge is -2.34. The molecule has 2 fully saturated rings. The minimum atomic E-state index is -0.595. The van der Waals surface area contributed by atoms with Crippen molar-refractivity contribution in [1.29, 1.82) is 0 Å². The zero-order valence-electron chi connectivity index (χ0n) is 13.9. The van der Waals surface area contributed by atoms with Gasteiger partial charge in [0.05, 0.1) is 0 Å². The molecule has 1 unspecified atom stereocenters. The van der Waals surface area contributed by atoms with Crippen LogP contribution >= 0.6 is 11.6 Å². The van der Waals surface area contributed by atoms with Crippen LogP contribution in [0.3, 0.4) is 0 Å². The van der Waals surface area contributed by atoms with Gasteiger partial charge in [-0.15, -0.1) is 0 Å². The summed E-state index contributed by atoms with van der Waals surface area (Å²) in [5, 5.41) is 11.3. The first kappa shape index (κ1) is 16.1. The Labute approximate surface area is 149 Å². The van der Waals surface area contributed by atoms with Gasteiger partial charge in [-0.05, 0) is 61.1 Å². The maximum atomic E-state index is 10.6. The fraction of sp³-hybridized carbons (Fsp3) is 0.429. The normalized spacial score (nSPS) is 25.4. The summed E-state index contributed by atoms with van der Waals surface area (Å²) in [7, 11) is 0. The highest BCUT2D eigenvalue weighted by Gasteiger charge is 2.35. The molecule has 4 rings (SSSR count). The number of nitrogens with zero attached hydrogens (tertiary/aromatic N) is 1. The van der Waals surface area contributed by atoms with Crippen LogP contribution in [0, 0.1) is 0 Å². The van der Waals surface area contributed by atoms with E-state index in [-0.39, 0.29) is 0 Å². The highest BCUT2D eigenvalue weighted by atomic mass is 35.5. The summed E-state index contributed by atoms with van der Waals surface area (Å²) in [6, 6.07) is 17.3. The number of aliphatic hydroxyl groups excluding tert-OH is 1. The lowest BCUT2D eigenvalue weighted by atomic mass is 9.97. The van der Waals surface area contributed by atoms with E-state index in [2.05, 4.69) is 29.2 Å². The van der Waals surface area contributed by atoms with Crippen molar-refractivity contribution >= 4 is 11.6 Å². The summed E-state index contributed by atoms with van der Waals surface area (Å²) in [4.78, 5) is 2.70. The Morgan fingerprint density at radius 2 is 1.54 bits per heavy atom. The number of piperidine rings is 1. The molecule has 126 valence electrons. The topological polar surface area (TPSA) is 23.5 Å². The van der Waals surface area contributed by atoms with Crippen LogP contribution in [0.2, 0.25) is 5.02 Å². The minimum absolute atomic E-state index is 0.567. The molecule has 0 spiro atoms. The van der Waals surface area contributed by atoms with Crippen LogP contribution in [-0.2, 0) is 0 Å². The Hall–Kier alpha value is -1.35. The molecule has 0 amide bonds. The van der Waals surface area contributed by atoms with E-state index in [4.69, 9.17) is 11.6 Å². The molecule has 0 aliphatic carbocycles. The van der Waals surface area contributed by atoms with Crippen LogP contribution in [0.5, 0.6) is 0 Å². The second kappa shape index (κ2) is 6.87. The van der Waals surface area contributed by atoms with Gasteiger partial charge >= 0.3 is 0 Å². The van der Waals surface area contributed by atoms with E-state index in [0.717, 1.165) is 17.2 Å². The smallest absolute Gasteiger partial charge is 0.104 e. The second-order valence-corrected chi connectivity index (χ2v) is 7.54. The van der Waals surface area contributed by atoms with Gasteiger partial charge in [-0.2, -0.15) is 0 Å². The number of rotatable bonds is 3. The summed E-state index contributed by atoms with van der Waals surface area (Å²) in [6.45, 7) is 1.24. The first-order valence-corrected chi connectivity index (χ1v) is 9.39. The van der Waals surface area contributed by atoms with Gasteiger partial charge in [-0.25, -0.2) is 0 Å². The molecule has 0 bridgehead atoms. The third-order valence-corrected chi connectivity index (χ3v) is 5.92. The Kier molecular flexibility index (Phi) is 4.62. The average molecular weight is 342 g/mol. The molecule has 3 heteroatoms. The summed E-state index contributed by atoms with van der Waals surface area (Å²) >= 11 is 5.93. The van der Waals surface area contributed by atoms with Gasteiger partial charge in [0, 0.05) is 17.1 Å². The van der Waals surface area contributed by atoms with Crippen LogP contribution in [0.4, 0.5) is 0 Å². The van der Waals surface area contributed by atoms with Gasteiger partial charge in [0.25, 0.3) is 0 Å². The molecule has 0 saturated carbocycles. The SMILES string of the molecule is OC(c1ccc(Cl)cc1)c1ccc([C@H]2CC[C@H]3CCCCN32)cc1. The molecule has 0 radical (unpaired) electrons. The van der Waals surface area contributed by atoms with Gasteiger partial charge < -0.3 is 5.11 Å². The van der Waals surface area contributed by atoms with E-state index in [0.29, 0.717) is 11.1 Å². The molecule has 2 aliphatic heterocycles. The van der Waals surface area contributed by atoms with Crippen LogP contribution < -0.4 is 0 Å². The van der Waals surface area contributed by atoms with E-state index in [1.165, 1.54) is 44.2 Å². The molecule has 1 N–H and O–H groups in total. The Balaban J connectivity index is 1.51. The molecule has 2 aromatic carbocycles. The quantitative estimate of drug-likeness (QED) is 0.838. The van der Waals surface area contributed by atoms with E-state index >= 15 is 0 Å². The predicted molar refractivity (Wildman–Crippen MR) is 98.3 cm³/mol. The third-order valence-electron chi connectivity index (χ3n) is 5.67.